The maximum absolute atomic E-state index is 5.03. The molecule has 6 aromatic carbocycles. The Labute approximate surface area is 253 Å². The van der Waals surface area contributed by atoms with Crippen molar-refractivity contribution in [2.24, 2.45) is 0 Å². The van der Waals surface area contributed by atoms with Gasteiger partial charge in [-0.05, 0) is 52.6 Å². The largest absolute Gasteiger partial charge is 0.208 e. The van der Waals surface area contributed by atoms with Crippen LogP contribution in [-0.2, 0) is 0 Å². The first-order valence-corrected chi connectivity index (χ1v) is 15.1. The fourth-order valence-corrected chi connectivity index (χ4v) is 6.71. The number of benzene rings is 6. The molecule has 43 heavy (non-hydrogen) atoms. The van der Waals surface area contributed by atoms with Gasteiger partial charge >= 0.3 is 0 Å². The molecule has 0 saturated carbocycles. The molecule has 0 radical (unpaired) electrons. The second-order valence-electron chi connectivity index (χ2n) is 10.5. The van der Waals surface area contributed by atoms with Crippen LogP contribution < -0.4 is 0 Å². The Morgan fingerprint density at radius 3 is 1.40 bits per heavy atom. The lowest BCUT2D eigenvalue weighted by molar-refractivity contribution is 1.07. The molecular weight excluding hydrogens is 543 g/mol. The Hall–Kier alpha value is -5.45. The molecule has 0 amide bonds. The number of hydrogen-bond donors (Lipinski definition) is 0. The molecule has 4 heteroatoms. The molecule has 8 aromatic rings. The van der Waals surface area contributed by atoms with Gasteiger partial charge < -0.3 is 0 Å². The smallest absolute Gasteiger partial charge is 0.164 e. The second-order valence-corrected chi connectivity index (χ2v) is 11.6. The standard InChI is InChI=1S/C39H25N3S/c1-4-12-26(13-5-1)30-22-31(29-20-21-34-33-18-10-11-19-35(33)43-36(34)25-29)24-32(23-30)39-41-37(27-14-6-2-7-15-27)40-38(42-39)28-16-8-3-9-17-28/h1-25H. The van der Waals surface area contributed by atoms with Crippen molar-refractivity contribution in [3.63, 3.8) is 0 Å². The van der Waals surface area contributed by atoms with Gasteiger partial charge in [0.15, 0.2) is 17.5 Å². The van der Waals surface area contributed by atoms with E-state index in [0.717, 1.165) is 33.4 Å². The fourth-order valence-electron chi connectivity index (χ4n) is 5.56. The summed E-state index contributed by atoms with van der Waals surface area (Å²) in [5.74, 6) is 1.96. The zero-order valence-corrected chi connectivity index (χ0v) is 24.0. The Bertz CT molecular complexity index is 2170. The molecule has 0 N–H and O–H groups in total. The minimum Gasteiger partial charge on any atom is -0.208 e. The van der Waals surface area contributed by atoms with Gasteiger partial charge in [-0.3, -0.25) is 0 Å². The first-order chi connectivity index (χ1) is 21.3. The van der Waals surface area contributed by atoms with E-state index in [9.17, 15) is 0 Å². The van der Waals surface area contributed by atoms with Crippen molar-refractivity contribution in [1.82, 2.24) is 15.0 Å². The molecule has 2 heterocycles. The molecule has 0 unspecified atom stereocenters. The molecule has 0 aliphatic carbocycles. The first-order valence-electron chi connectivity index (χ1n) is 14.3. The average molecular weight is 568 g/mol. The predicted molar refractivity (Wildman–Crippen MR) is 180 cm³/mol. The van der Waals surface area contributed by atoms with Crippen LogP contribution in [0.5, 0.6) is 0 Å². The molecule has 3 nitrogen and oxygen atoms in total. The molecular formula is C39H25N3S. The van der Waals surface area contributed by atoms with Crippen LogP contribution in [0.3, 0.4) is 0 Å². The highest BCUT2D eigenvalue weighted by molar-refractivity contribution is 7.25. The summed E-state index contributed by atoms with van der Waals surface area (Å²) in [6.07, 6.45) is 0. The quantitative estimate of drug-likeness (QED) is 0.208. The van der Waals surface area contributed by atoms with Gasteiger partial charge in [0.05, 0.1) is 0 Å². The van der Waals surface area contributed by atoms with Crippen molar-refractivity contribution in [2.75, 3.05) is 0 Å². The van der Waals surface area contributed by atoms with E-state index in [1.807, 2.05) is 78.1 Å². The summed E-state index contributed by atoms with van der Waals surface area (Å²) in [4.78, 5) is 14.9. The van der Waals surface area contributed by atoms with E-state index < -0.39 is 0 Å². The highest BCUT2D eigenvalue weighted by atomic mass is 32.1. The Balaban J connectivity index is 1.34. The molecule has 0 aliphatic heterocycles. The number of hydrogen-bond acceptors (Lipinski definition) is 4. The van der Waals surface area contributed by atoms with Crippen LogP contribution in [0.25, 0.3) is 76.6 Å². The normalized spacial score (nSPS) is 11.3. The summed E-state index contributed by atoms with van der Waals surface area (Å²) < 4.78 is 2.59. The van der Waals surface area contributed by atoms with Crippen LogP contribution >= 0.6 is 11.3 Å². The van der Waals surface area contributed by atoms with Crippen LogP contribution in [0.4, 0.5) is 0 Å². The zero-order chi connectivity index (χ0) is 28.6. The summed E-state index contributed by atoms with van der Waals surface area (Å²) in [6.45, 7) is 0. The van der Waals surface area contributed by atoms with Crippen molar-refractivity contribution in [3.8, 4) is 56.4 Å². The minimum absolute atomic E-state index is 0.648. The van der Waals surface area contributed by atoms with Crippen LogP contribution in [0, 0.1) is 0 Å². The highest BCUT2D eigenvalue weighted by Crippen LogP contribution is 2.38. The summed E-state index contributed by atoms with van der Waals surface area (Å²) in [5, 5.41) is 2.60. The molecule has 0 fully saturated rings. The van der Waals surface area contributed by atoms with E-state index in [2.05, 4.69) is 84.9 Å². The van der Waals surface area contributed by atoms with E-state index in [1.54, 1.807) is 0 Å². The summed E-state index contributed by atoms with van der Waals surface area (Å²) in [5.41, 5.74) is 7.42. The van der Waals surface area contributed by atoms with Crippen LogP contribution in [0.15, 0.2) is 152 Å². The monoisotopic (exact) mass is 567 g/mol. The van der Waals surface area contributed by atoms with Gasteiger partial charge in [-0.2, -0.15) is 0 Å². The average Bonchev–Trinajstić information content (AvgIpc) is 3.47. The lowest BCUT2D eigenvalue weighted by Gasteiger charge is -2.12. The maximum atomic E-state index is 5.03. The van der Waals surface area contributed by atoms with Crippen molar-refractivity contribution < 1.29 is 0 Å². The van der Waals surface area contributed by atoms with Crippen LogP contribution in [0.1, 0.15) is 0 Å². The van der Waals surface area contributed by atoms with Crippen molar-refractivity contribution >= 4 is 31.5 Å². The molecule has 0 bridgehead atoms. The number of rotatable bonds is 5. The highest BCUT2D eigenvalue weighted by Gasteiger charge is 2.15. The third kappa shape index (κ3) is 4.88. The number of aromatic nitrogens is 3. The summed E-state index contributed by atoms with van der Waals surface area (Å²) in [7, 11) is 0. The predicted octanol–water partition coefficient (Wildman–Crippen LogP) is 10.6. The lowest BCUT2D eigenvalue weighted by Crippen LogP contribution is -2.00. The zero-order valence-electron chi connectivity index (χ0n) is 23.2. The summed E-state index contributed by atoms with van der Waals surface area (Å²) in [6, 6.07) is 52.8. The third-order valence-corrected chi connectivity index (χ3v) is 8.84. The molecule has 0 atom stereocenters. The van der Waals surface area contributed by atoms with E-state index in [4.69, 9.17) is 15.0 Å². The van der Waals surface area contributed by atoms with Gasteiger partial charge in [0.2, 0.25) is 0 Å². The van der Waals surface area contributed by atoms with Crippen molar-refractivity contribution in [1.29, 1.82) is 0 Å². The lowest BCUT2D eigenvalue weighted by atomic mass is 9.95. The second kappa shape index (κ2) is 10.8. The van der Waals surface area contributed by atoms with Crippen LogP contribution in [-0.4, -0.2) is 15.0 Å². The molecule has 0 aliphatic rings. The third-order valence-electron chi connectivity index (χ3n) is 7.71. The van der Waals surface area contributed by atoms with Gasteiger partial charge in [0, 0.05) is 36.9 Å². The first kappa shape index (κ1) is 25.3. The molecule has 8 rings (SSSR count). The maximum Gasteiger partial charge on any atom is 0.164 e. The number of fused-ring (bicyclic) bond motifs is 3. The van der Waals surface area contributed by atoms with E-state index in [-0.39, 0.29) is 0 Å². The van der Waals surface area contributed by atoms with Crippen LogP contribution in [0.2, 0.25) is 0 Å². The SMILES string of the molecule is c1ccc(-c2cc(-c3ccc4c(c3)sc3ccccc34)cc(-c3nc(-c4ccccc4)nc(-c4ccccc4)n3)c2)cc1. The number of nitrogens with zero attached hydrogens (tertiary/aromatic N) is 3. The topological polar surface area (TPSA) is 38.7 Å². The van der Waals surface area contributed by atoms with Gasteiger partial charge in [0.1, 0.15) is 0 Å². The van der Waals surface area contributed by atoms with Gasteiger partial charge in [-0.1, -0.05) is 121 Å². The summed E-state index contributed by atoms with van der Waals surface area (Å²) >= 11 is 1.84. The minimum atomic E-state index is 0.648. The molecule has 0 saturated heterocycles. The Morgan fingerprint density at radius 1 is 0.302 bits per heavy atom. The van der Waals surface area contributed by atoms with Gasteiger partial charge in [-0.15, -0.1) is 11.3 Å². The number of thiophene rings is 1. The Kier molecular flexibility index (Phi) is 6.32. The van der Waals surface area contributed by atoms with E-state index in [1.165, 1.54) is 25.7 Å². The van der Waals surface area contributed by atoms with E-state index in [0.29, 0.717) is 17.5 Å². The molecule has 202 valence electrons. The van der Waals surface area contributed by atoms with Gasteiger partial charge in [0.25, 0.3) is 0 Å². The van der Waals surface area contributed by atoms with Crippen molar-refractivity contribution in [3.05, 3.63) is 152 Å². The fraction of sp³-hybridized carbons (Fsp3) is 0. The molecule has 2 aromatic heterocycles. The van der Waals surface area contributed by atoms with E-state index >= 15 is 0 Å². The molecule has 0 spiro atoms. The van der Waals surface area contributed by atoms with Gasteiger partial charge in [-0.25, -0.2) is 15.0 Å². The van der Waals surface area contributed by atoms with Crippen molar-refractivity contribution in [2.45, 2.75) is 0 Å². The Morgan fingerprint density at radius 2 is 0.767 bits per heavy atom.